The number of carbonyl (C=O) groups excluding carboxylic acids is 1. The first-order chi connectivity index (χ1) is 15.0. The number of amides is 1. The molecule has 0 saturated heterocycles. The number of hydrogen-bond acceptors (Lipinski definition) is 4. The van der Waals surface area contributed by atoms with E-state index in [-0.39, 0.29) is 10.8 Å². The molecule has 0 radical (unpaired) electrons. The molecule has 0 unspecified atom stereocenters. The zero-order valence-corrected chi connectivity index (χ0v) is 19.7. The Labute approximate surface area is 189 Å². The maximum Gasteiger partial charge on any atom is 0.265 e. The van der Waals surface area contributed by atoms with Gasteiger partial charge in [0.2, 0.25) is 0 Å². The number of rotatable bonds is 7. The van der Waals surface area contributed by atoms with Crippen LogP contribution >= 0.6 is 0 Å². The Balaban J connectivity index is 1.65. The number of aryl methyl sites for hydroxylation is 4. The Morgan fingerprint density at radius 3 is 2.16 bits per heavy atom. The lowest BCUT2D eigenvalue weighted by Crippen LogP contribution is -2.30. The number of hydrogen-bond donors (Lipinski definition) is 2. The molecule has 0 bridgehead atoms. The predicted octanol–water partition coefficient (Wildman–Crippen LogP) is 5.13. The quantitative estimate of drug-likeness (QED) is 0.521. The summed E-state index contributed by atoms with van der Waals surface area (Å²) >= 11 is 0. The van der Waals surface area contributed by atoms with Crippen LogP contribution in [0.15, 0.2) is 65.6 Å². The maximum atomic E-state index is 12.7. The zero-order valence-electron chi connectivity index (χ0n) is 18.9. The van der Waals surface area contributed by atoms with Gasteiger partial charge in [-0.1, -0.05) is 23.8 Å². The molecule has 7 heteroatoms. The van der Waals surface area contributed by atoms with Crippen LogP contribution in [-0.4, -0.2) is 20.4 Å². The van der Waals surface area contributed by atoms with Crippen LogP contribution in [0.5, 0.6) is 5.75 Å². The second-order valence-corrected chi connectivity index (χ2v) is 9.63. The molecule has 0 heterocycles. The largest absolute Gasteiger partial charge is 0.481 e. The third-order valence-electron chi connectivity index (χ3n) is 5.22. The Hall–Kier alpha value is -3.32. The smallest absolute Gasteiger partial charge is 0.265 e. The molecule has 2 N–H and O–H groups in total. The van der Waals surface area contributed by atoms with E-state index in [2.05, 4.69) is 10.0 Å². The molecule has 0 saturated carbocycles. The molecule has 1 amide bonds. The molecule has 3 aromatic carbocycles. The van der Waals surface area contributed by atoms with Crippen LogP contribution in [0, 0.1) is 27.7 Å². The molecular formula is C25H28N2O4S. The predicted molar refractivity (Wildman–Crippen MR) is 128 cm³/mol. The van der Waals surface area contributed by atoms with Crippen LogP contribution in [0.3, 0.4) is 0 Å². The summed E-state index contributed by atoms with van der Waals surface area (Å²) in [4.78, 5) is 12.6. The van der Waals surface area contributed by atoms with Gasteiger partial charge in [0, 0.05) is 5.69 Å². The fraction of sp³-hybridized carbons (Fsp3) is 0.240. The average molecular weight is 453 g/mol. The van der Waals surface area contributed by atoms with Gasteiger partial charge in [-0.05, 0) is 93.8 Å². The second kappa shape index (κ2) is 9.44. The first kappa shape index (κ1) is 23.3. The Morgan fingerprint density at radius 1 is 0.844 bits per heavy atom. The second-order valence-electron chi connectivity index (χ2n) is 7.94. The molecule has 0 spiro atoms. The highest BCUT2D eigenvalue weighted by atomic mass is 32.2. The molecule has 3 rings (SSSR count). The average Bonchev–Trinajstić information content (AvgIpc) is 2.73. The summed E-state index contributed by atoms with van der Waals surface area (Å²) in [6, 6.07) is 17.2. The molecule has 32 heavy (non-hydrogen) atoms. The number of benzene rings is 3. The molecular weight excluding hydrogens is 424 g/mol. The van der Waals surface area contributed by atoms with Gasteiger partial charge >= 0.3 is 0 Å². The van der Waals surface area contributed by atoms with Gasteiger partial charge in [0.25, 0.3) is 15.9 Å². The lowest BCUT2D eigenvalue weighted by atomic mass is 10.1. The summed E-state index contributed by atoms with van der Waals surface area (Å²) in [6.45, 7) is 9.46. The summed E-state index contributed by atoms with van der Waals surface area (Å²) in [6.07, 6.45) is -0.716. The van der Waals surface area contributed by atoms with E-state index in [1.54, 1.807) is 25.1 Å². The van der Waals surface area contributed by atoms with Crippen molar-refractivity contribution in [1.82, 2.24) is 0 Å². The van der Waals surface area contributed by atoms with Gasteiger partial charge < -0.3 is 10.1 Å². The highest BCUT2D eigenvalue weighted by molar-refractivity contribution is 7.92. The highest BCUT2D eigenvalue weighted by Crippen LogP contribution is 2.22. The third-order valence-corrected chi connectivity index (χ3v) is 6.60. The van der Waals surface area contributed by atoms with Crippen molar-refractivity contribution >= 4 is 27.3 Å². The lowest BCUT2D eigenvalue weighted by molar-refractivity contribution is -0.122. The summed E-state index contributed by atoms with van der Waals surface area (Å²) in [5.41, 5.74) is 5.15. The molecule has 0 aliphatic carbocycles. The molecule has 6 nitrogen and oxygen atoms in total. The van der Waals surface area contributed by atoms with Crippen LogP contribution < -0.4 is 14.8 Å². The van der Waals surface area contributed by atoms with Crippen molar-refractivity contribution in [3.63, 3.8) is 0 Å². The first-order valence-corrected chi connectivity index (χ1v) is 11.8. The normalized spacial score (nSPS) is 12.2. The van der Waals surface area contributed by atoms with E-state index in [4.69, 9.17) is 4.74 Å². The van der Waals surface area contributed by atoms with E-state index in [9.17, 15) is 13.2 Å². The Bertz CT molecular complexity index is 1240. The van der Waals surface area contributed by atoms with Gasteiger partial charge in [-0.25, -0.2) is 8.42 Å². The van der Waals surface area contributed by atoms with Crippen LogP contribution in [0.1, 0.15) is 29.2 Å². The monoisotopic (exact) mass is 452 g/mol. The molecule has 0 aromatic heterocycles. The van der Waals surface area contributed by atoms with Gasteiger partial charge in [-0.2, -0.15) is 0 Å². The number of nitrogens with one attached hydrogen (secondary N) is 2. The van der Waals surface area contributed by atoms with Gasteiger partial charge in [-0.3, -0.25) is 9.52 Å². The summed E-state index contributed by atoms with van der Waals surface area (Å²) in [5, 5.41) is 2.75. The Kier molecular flexibility index (Phi) is 6.89. The fourth-order valence-electron chi connectivity index (χ4n) is 3.14. The van der Waals surface area contributed by atoms with Crippen LogP contribution in [0.2, 0.25) is 0 Å². The Morgan fingerprint density at radius 2 is 1.53 bits per heavy atom. The summed E-state index contributed by atoms with van der Waals surface area (Å²) < 4.78 is 33.8. The number of carbonyl (C=O) groups is 1. The van der Waals surface area contributed by atoms with Crippen molar-refractivity contribution in [2.24, 2.45) is 0 Å². The van der Waals surface area contributed by atoms with Crippen LogP contribution in [-0.2, 0) is 14.8 Å². The van der Waals surface area contributed by atoms with Crippen LogP contribution in [0.4, 0.5) is 11.4 Å². The molecule has 0 aliphatic rings. The van der Waals surface area contributed by atoms with Crippen molar-refractivity contribution in [3.05, 3.63) is 82.9 Å². The van der Waals surface area contributed by atoms with E-state index in [0.29, 0.717) is 17.1 Å². The van der Waals surface area contributed by atoms with E-state index in [1.165, 1.54) is 12.1 Å². The third kappa shape index (κ3) is 5.68. The minimum atomic E-state index is -3.75. The minimum absolute atomic E-state index is 0.106. The number of ether oxygens (including phenoxy) is 1. The molecule has 168 valence electrons. The highest BCUT2D eigenvalue weighted by Gasteiger charge is 2.18. The van der Waals surface area contributed by atoms with Gasteiger partial charge in [-0.15, -0.1) is 0 Å². The van der Waals surface area contributed by atoms with Gasteiger partial charge in [0.1, 0.15) is 5.75 Å². The molecule has 3 aromatic rings. The van der Waals surface area contributed by atoms with Crippen molar-refractivity contribution < 1.29 is 17.9 Å². The summed E-state index contributed by atoms with van der Waals surface area (Å²) in [7, 11) is -3.75. The van der Waals surface area contributed by atoms with Gasteiger partial charge in [0.05, 0.1) is 10.6 Å². The van der Waals surface area contributed by atoms with Crippen molar-refractivity contribution in [1.29, 1.82) is 0 Å². The SMILES string of the molecule is Cc1ccc(NS(=O)(=O)c2ccc(NC(=O)[C@@H](C)Oc3ccc(C)c(C)c3)cc2)c(C)c1. The van der Waals surface area contributed by atoms with Gasteiger partial charge in [0.15, 0.2) is 6.10 Å². The first-order valence-electron chi connectivity index (χ1n) is 10.3. The topological polar surface area (TPSA) is 84.5 Å². The lowest BCUT2D eigenvalue weighted by Gasteiger charge is -2.16. The van der Waals surface area contributed by atoms with E-state index in [0.717, 1.165) is 22.3 Å². The van der Waals surface area contributed by atoms with Crippen molar-refractivity contribution in [3.8, 4) is 5.75 Å². The number of anilines is 2. The standard InChI is InChI=1S/C25H28N2O4S/c1-16-6-13-24(19(4)14-16)27-32(29,30)23-11-8-21(9-12-23)26-25(28)20(5)31-22-10-7-17(2)18(3)15-22/h6-15,20,27H,1-5H3,(H,26,28)/t20-/m1/s1. The van der Waals surface area contributed by atoms with E-state index < -0.39 is 16.1 Å². The maximum absolute atomic E-state index is 12.7. The summed E-state index contributed by atoms with van der Waals surface area (Å²) in [5.74, 6) is 0.293. The van der Waals surface area contributed by atoms with E-state index >= 15 is 0 Å². The van der Waals surface area contributed by atoms with Crippen molar-refractivity contribution in [2.45, 2.75) is 45.6 Å². The molecule has 0 aliphatic heterocycles. The molecule has 0 fully saturated rings. The molecule has 1 atom stereocenters. The van der Waals surface area contributed by atoms with Crippen LogP contribution in [0.25, 0.3) is 0 Å². The van der Waals surface area contributed by atoms with E-state index in [1.807, 2.05) is 58.0 Å². The van der Waals surface area contributed by atoms with Crippen molar-refractivity contribution in [2.75, 3.05) is 10.0 Å². The number of sulfonamides is 1. The minimum Gasteiger partial charge on any atom is -0.481 e. The zero-order chi connectivity index (χ0) is 23.5. The fourth-order valence-corrected chi connectivity index (χ4v) is 4.27.